The second kappa shape index (κ2) is 7.26. The van der Waals surface area contributed by atoms with Crippen LogP contribution in [0.2, 0.25) is 0 Å². The number of imide groups is 1. The molecule has 2 aromatic rings. The number of amides is 2. The summed E-state index contributed by atoms with van der Waals surface area (Å²) in [7, 11) is 2.87. The minimum absolute atomic E-state index is 0.0318. The van der Waals surface area contributed by atoms with Crippen molar-refractivity contribution in [2.24, 2.45) is 0 Å². The minimum Gasteiger partial charge on any atom is -0.497 e. The Hall–Kier alpha value is -3.35. The molecule has 26 heavy (non-hydrogen) atoms. The fourth-order valence-corrected chi connectivity index (χ4v) is 2.51. The highest BCUT2D eigenvalue weighted by Gasteiger charge is 2.36. The Labute approximate surface area is 149 Å². The summed E-state index contributed by atoms with van der Waals surface area (Å²) >= 11 is 0. The first-order valence-corrected chi connectivity index (χ1v) is 7.73. The third-order valence-electron chi connectivity index (χ3n) is 3.82. The fraction of sp³-hybridized carbons (Fsp3) is 0.158. The quantitative estimate of drug-likeness (QED) is 0.768. The van der Waals surface area contributed by atoms with Crippen molar-refractivity contribution in [1.82, 2.24) is 4.90 Å². The molecular weight excluding hydrogens is 341 g/mol. The monoisotopic (exact) mass is 357 g/mol. The predicted octanol–water partition coefficient (Wildman–Crippen LogP) is 3.36. The topological polar surface area (TPSA) is 65.1 Å². The van der Waals surface area contributed by atoms with Crippen molar-refractivity contribution >= 4 is 18.1 Å². The molecule has 7 heteroatoms. The summed E-state index contributed by atoms with van der Waals surface area (Å²) in [6.45, 7) is 0.0545. The van der Waals surface area contributed by atoms with Crippen LogP contribution in [-0.4, -0.2) is 31.1 Å². The van der Waals surface area contributed by atoms with E-state index in [-0.39, 0.29) is 18.1 Å². The molecule has 0 atom stereocenters. The molecule has 0 unspecified atom stereocenters. The molecule has 0 radical (unpaired) electrons. The van der Waals surface area contributed by atoms with Crippen molar-refractivity contribution in [3.05, 3.63) is 65.2 Å². The molecule has 2 amide bonds. The Morgan fingerprint density at radius 3 is 2.65 bits per heavy atom. The largest absolute Gasteiger partial charge is 0.497 e. The summed E-state index contributed by atoms with van der Waals surface area (Å²) in [5.74, 6) is -0.572. The van der Waals surface area contributed by atoms with Gasteiger partial charge >= 0.3 is 6.09 Å². The van der Waals surface area contributed by atoms with E-state index in [9.17, 15) is 14.0 Å². The van der Waals surface area contributed by atoms with Gasteiger partial charge in [-0.15, -0.1) is 0 Å². The molecule has 1 fully saturated rings. The number of rotatable bonds is 5. The average molecular weight is 357 g/mol. The standard InChI is InChI=1S/C19H16FNO5/c1-24-14-5-3-4-13(8-14)11-21-18(22)17(26-19(21)23)10-12-6-7-15(20)16(9-12)25-2/h3-10H,11H2,1-2H3. The maximum absolute atomic E-state index is 13.5. The molecule has 0 bridgehead atoms. The molecule has 2 aromatic carbocycles. The van der Waals surface area contributed by atoms with Crippen LogP contribution in [-0.2, 0) is 16.1 Å². The van der Waals surface area contributed by atoms with Gasteiger partial charge in [-0.1, -0.05) is 18.2 Å². The molecule has 0 spiro atoms. The zero-order valence-corrected chi connectivity index (χ0v) is 14.2. The first kappa shape index (κ1) is 17.5. The summed E-state index contributed by atoms with van der Waals surface area (Å²) in [6.07, 6.45) is 0.603. The van der Waals surface area contributed by atoms with Gasteiger partial charge in [0, 0.05) is 0 Å². The number of halogens is 1. The van der Waals surface area contributed by atoms with Crippen molar-refractivity contribution in [3.63, 3.8) is 0 Å². The minimum atomic E-state index is -0.766. The molecular formula is C19H16FNO5. The second-order valence-electron chi connectivity index (χ2n) is 5.51. The van der Waals surface area contributed by atoms with E-state index in [0.717, 1.165) is 10.5 Å². The van der Waals surface area contributed by atoms with E-state index < -0.39 is 17.8 Å². The highest BCUT2D eigenvalue weighted by atomic mass is 19.1. The smallest absolute Gasteiger partial charge is 0.422 e. The van der Waals surface area contributed by atoms with Gasteiger partial charge in [0.2, 0.25) is 0 Å². The molecule has 0 saturated carbocycles. The lowest BCUT2D eigenvalue weighted by molar-refractivity contribution is -0.123. The van der Waals surface area contributed by atoms with E-state index in [0.29, 0.717) is 11.3 Å². The maximum atomic E-state index is 13.5. The summed E-state index contributed by atoms with van der Waals surface area (Å²) in [5, 5.41) is 0. The number of hydrogen-bond donors (Lipinski definition) is 0. The molecule has 1 aliphatic heterocycles. The zero-order chi connectivity index (χ0) is 18.7. The maximum Gasteiger partial charge on any atom is 0.422 e. The molecule has 134 valence electrons. The van der Waals surface area contributed by atoms with Gasteiger partial charge in [-0.2, -0.15) is 0 Å². The molecule has 1 saturated heterocycles. The van der Waals surface area contributed by atoms with Gasteiger partial charge in [0.25, 0.3) is 5.91 Å². The molecule has 0 aromatic heterocycles. The van der Waals surface area contributed by atoms with Crippen LogP contribution in [0.5, 0.6) is 11.5 Å². The highest BCUT2D eigenvalue weighted by molar-refractivity contribution is 6.09. The number of carbonyl (C=O) groups is 2. The number of benzene rings is 2. The van der Waals surface area contributed by atoms with Crippen LogP contribution in [0.4, 0.5) is 9.18 Å². The van der Waals surface area contributed by atoms with Gasteiger partial charge in [0.1, 0.15) is 5.75 Å². The molecule has 0 N–H and O–H groups in total. The number of hydrogen-bond acceptors (Lipinski definition) is 5. The molecule has 0 aliphatic carbocycles. The fourth-order valence-electron chi connectivity index (χ4n) is 2.51. The van der Waals surface area contributed by atoms with E-state index in [1.807, 2.05) is 0 Å². The van der Waals surface area contributed by atoms with E-state index in [1.165, 1.54) is 38.5 Å². The van der Waals surface area contributed by atoms with Crippen molar-refractivity contribution in [1.29, 1.82) is 0 Å². The predicted molar refractivity (Wildman–Crippen MR) is 91.0 cm³/mol. The lowest BCUT2D eigenvalue weighted by Gasteiger charge is -2.11. The van der Waals surface area contributed by atoms with Crippen LogP contribution < -0.4 is 9.47 Å². The molecule has 6 nitrogen and oxygen atoms in total. The Balaban J connectivity index is 1.82. The van der Waals surface area contributed by atoms with Crippen LogP contribution in [0.3, 0.4) is 0 Å². The first-order valence-electron chi connectivity index (χ1n) is 7.73. The Bertz CT molecular complexity index is 893. The number of methoxy groups -OCH3 is 2. The average Bonchev–Trinajstić information content (AvgIpc) is 2.91. The van der Waals surface area contributed by atoms with Gasteiger partial charge in [0.05, 0.1) is 20.8 Å². The Morgan fingerprint density at radius 2 is 1.92 bits per heavy atom. The van der Waals surface area contributed by atoms with Crippen molar-refractivity contribution in [3.8, 4) is 11.5 Å². The lowest BCUT2D eigenvalue weighted by atomic mass is 10.1. The normalized spacial score (nSPS) is 15.3. The third-order valence-corrected chi connectivity index (χ3v) is 3.82. The zero-order valence-electron chi connectivity index (χ0n) is 14.2. The van der Waals surface area contributed by atoms with Crippen LogP contribution in [0, 0.1) is 5.82 Å². The van der Waals surface area contributed by atoms with Gasteiger partial charge in [-0.25, -0.2) is 14.1 Å². The van der Waals surface area contributed by atoms with E-state index in [4.69, 9.17) is 14.2 Å². The van der Waals surface area contributed by atoms with Gasteiger partial charge in [0.15, 0.2) is 17.3 Å². The van der Waals surface area contributed by atoms with E-state index >= 15 is 0 Å². The second-order valence-corrected chi connectivity index (χ2v) is 5.51. The number of ether oxygens (including phenoxy) is 3. The molecule has 1 heterocycles. The van der Waals surface area contributed by atoms with E-state index in [2.05, 4.69) is 0 Å². The number of carbonyl (C=O) groups excluding carboxylic acids is 2. The van der Waals surface area contributed by atoms with Crippen LogP contribution in [0.1, 0.15) is 11.1 Å². The number of nitrogens with zero attached hydrogens (tertiary/aromatic N) is 1. The lowest BCUT2D eigenvalue weighted by Crippen LogP contribution is -2.28. The Kier molecular flexibility index (Phi) is 4.88. The van der Waals surface area contributed by atoms with Gasteiger partial charge in [-0.3, -0.25) is 4.79 Å². The summed E-state index contributed by atoms with van der Waals surface area (Å²) < 4.78 is 28.6. The Morgan fingerprint density at radius 1 is 1.12 bits per heavy atom. The van der Waals surface area contributed by atoms with Crippen molar-refractivity contribution in [2.45, 2.75) is 6.54 Å². The third kappa shape index (κ3) is 3.51. The van der Waals surface area contributed by atoms with Crippen LogP contribution in [0.15, 0.2) is 48.2 Å². The van der Waals surface area contributed by atoms with Crippen LogP contribution >= 0.6 is 0 Å². The molecule has 3 rings (SSSR count). The number of cyclic esters (lactones) is 1. The van der Waals surface area contributed by atoms with E-state index in [1.54, 1.807) is 24.3 Å². The van der Waals surface area contributed by atoms with Gasteiger partial charge in [-0.05, 0) is 41.5 Å². The highest BCUT2D eigenvalue weighted by Crippen LogP contribution is 2.25. The van der Waals surface area contributed by atoms with Crippen molar-refractivity contribution < 1.29 is 28.2 Å². The summed E-state index contributed by atoms with van der Waals surface area (Å²) in [5.41, 5.74) is 1.20. The van der Waals surface area contributed by atoms with Gasteiger partial charge < -0.3 is 14.2 Å². The summed E-state index contributed by atoms with van der Waals surface area (Å²) in [4.78, 5) is 25.5. The first-order chi connectivity index (χ1) is 12.5. The summed E-state index contributed by atoms with van der Waals surface area (Å²) in [6, 6.07) is 11.1. The van der Waals surface area contributed by atoms with Crippen molar-refractivity contribution in [2.75, 3.05) is 14.2 Å². The van der Waals surface area contributed by atoms with Crippen LogP contribution in [0.25, 0.3) is 6.08 Å². The SMILES string of the molecule is COc1cccc(CN2C(=O)OC(=Cc3ccc(F)c(OC)c3)C2=O)c1. The molecule has 1 aliphatic rings.